The number of esters is 1. The topological polar surface area (TPSA) is 87.2 Å². The van der Waals surface area contributed by atoms with E-state index < -0.39 is 40.1 Å². The van der Waals surface area contributed by atoms with E-state index in [0.717, 1.165) is 5.56 Å². The Morgan fingerprint density at radius 1 is 1.24 bits per heavy atom. The number of β-lactam (4-membered cyclic amide) rings is 1. The molecule has 0 unspecified atom stereocenters. The number of carbonyl (C=O) groups is 3. The van der Waals surface area contributed by atoms with E-state index in [-0.39, 0.29) is 12.5 Å². The van der Waals surface area contributed by atoms with Crippen molar-refractivity contribution in [1.29, 1.82) is 0 Å². The summed E-state index contributed by atoms with van der Waals surface area (Å²) in [5.74, 6) is -2.12. The van der Waals surface area contributed by atoms with E-state index in [2.05, 4.69) is 0 Å². The molecule has 0 saturated carbocycles. The molecule has 8 heteroatoms. The molecule has 0 spiro atoms. The number of amides is 2. The van der Waals surface area contributed by atoms with Crippen LogP contribution in [0.4, 0.5) is 0 Å². The number of fused-ring (bicyclic) bond motifs is 1. The molecule has 4 atom stereocenters. The minimum absolute atomic E-state index is 0.135. The summed E-state index contributed by atoms with van der Waals surface area (Å²) in [7, 11) is 0. The number of likely N-dealkylation sites (N-methyl/N-ethyl adjacent to an activating group) is 1. The van der Waals surface area contributed by atoms with Crippen molar-refractivity contribution in [2.24, 2.45) is 5.92 Å². The molecule has 2 saturated heterocycles. The van der Waals surface area contributed by atoms with Crippen LogP contribution in [0, 0.1) is 5.92 Å². The van der Waals surface area contributed by atoms with Crippen molar-refractivity contribution in [3.8, 4) is 0 Å². The van der Waals surface area contributed by atoms with Crippen LogP contribution in [-0.4, -0.2) is 68.0 Å². The molecule has 7 nitrogen and oxygen atoms in total. The number of ether oxygens (including phenoxy) is 1. The molecule has 0 radical (unpaired) electrons. The maximum Gasteiger partial charge on any atom is 0.330 e. The molecule has 3 rings (SSSR count). The van der Waals surface area contributed by atoms with Gasteiger partial charge in [0.15, 0.2) is 0 Å². The molecule has 0 bridgehead atoms. The highest BCUT2D eigenvalue weighted by Crippen LogP contribution is 2.54. The van der Waals surface area contributed by atoms with Crippen molar-refractivity contribution < 1.29 is 24.2 Å². The molecule has 29 heavy (non-hydrogen) atoms. The molecular weight excluding hydrogens is 392 g/mol. The Hall–Kier alpha value is -2.06. The van der Waals surface area contributed by atoms with E-state index in [1.807, 2.05) is 58.0 Å². The van der Waals surface area contributed by atoms with Gasteiger partial charge in [0.05, 0.1) is 5.37 Å². The van der Waals surface area contributed by atoms with Gasteiger partial charge in [-0.05, 0) is 33.3 Å². The second-order valence-corrected chi connectivity index (χ2v) is 9.61. The molecule has 2 aliphatic rings. The van der Waals surface area contributed by atoms with E-state index in [1.54, 1.807) is 0 Å². The van der Waals surface area contributed by atoms with E-state index in [0.29, 0.717) is 13.1 Å². The monoisotopic (exact) mass is 420 g/mol. The van der Waals surface area contributed by atoms with Gasteiger partial charge >= 0.3 is 5.97 Å². The number of nitrogens with zero attached hydrogens (tertiary/aromatic N) is 2. The molecule has 0 aliphatic carbocycles. The molecule has 2 amide bonds. The predicted molar refractivity (Wildman–Crippen MR) is 110 cm³/mol. The quantitative estimate of drug-likeness (QED) is 0.533. The van der Waals surface area contributed by atoms with Crippen LogP contribution >= 0.6 is 11.8 Å². The fourth-order valence-electron chi connectivity index (χ4n) is 4.00. The van der Waals surface area contributed by atoms with Gasteiger partial charge in [0.1, 0.15) is 24.7 Å². The van der Waals surface area contributed by atoms with Gasteiger partial charge in [-0.2, -0.15) is 0 Å². The van der Waals surface area contributed by atoms with Crippen LogP contribution in [0.1, 0.15) is 33.3 Å². The Labute approximate surface area is 175 Å². The van der Waals surface area contributed by atoms with Crippen molar-refractivity contribution in [1.82, 2.24) is 9.80 Å². The summed E-state index contributed by atoms with van der Waals surface area (Å²) in [5, 5.41) is 10.2. The summed E-state index contributed by atoms with van der Waals surface area (Å²) in [6.45, 7) is 8.49. The molecule has 2 fully saturated rings. The first-order valence-corrected chi connectivity index (χ1v) is 10.8. The van der Waals surface area contributed by atoms with E-state index in [1.165, 1.54) is 21.6 Å². The fraction of sp³-hybridized carbons (Fsp3) is 0.571. The lowest BCUT2D eigenvalue weighted by atomic mass is 9.87. The van der Waals surface area contributed by atoms with Crippen LogP contribution in [0.2, 0.25) is 0 Å². The van der Waals surface area contributed by atoms with Crippen molar-refractivity contribution in [2.45, 2.75) is 56.6 Å². The highest BCUT2D eigenvalue weighted by Gasteiger charge is 2.66. The Bertz CT molecular complexity index is 781. The molecule has 158 valence electrons. The van der Waals surface area contributed by atoms with Crippen LogP contribution in [0.25, 0.3) is 0 Å². The molecule has 2 heterocycles. The van der Waals surface area contributed by atoms with Crippen LogP contribution in [0.5, 0.6) is 0 Å². The van der Waals surface area contributed by atoms with Gasteiger partial charge in [0.25, 0.3) is 5.91 Å². The van der Waals surface area contributed by atoms with Crippen LogP contribution in [-0.2, 0) is 25.7 Å². The number of benzene rings is 1. The zero-order chi connectivity index (χ0) is 21.3. The minimum Gasteiger partial charge on any atom is -0.459 e. The van der Waals surface area contributed by atoms with Crippen molar-refractivity contribution in [3.63, 3.8) is 0 Å². The molecular formula is C21H28N2O5S. The molecule has 2 aliphatic heterocycles. The summed E-state index contributed by atoms with van der Waals surface area (Å²) in [5.41, 5.74) is 0.869. The van der Waals surface area contributed by atoms with Crippen LogP contribution in [0.3, 0.4) is 0 Å². The molecule has 1 aromatic carbocycles. The zero-order valence-corrected chi connectivity index (χ0v) is 18.0. The number of aliphatic hydroxyl groups excluding tert-OH is 1. The number of rotatable bonds is 7. The van der Waals surface area contributed by atoms with Crippen LogP contribution < -0.4 is 0 Å². The maximum atomic E-state index is 12.8. The minimum atomic E-state index is -1.40. The first-order chi connectivity index (χ1) is 13.7. The molecule has 1 N–H and O–H groups in total. The highest BCUT2D eigenvalue weighted by atomic mass is 32.2. The van der Waals surface area contributed by atoms with Gasteiger partial charge < -0.3 is 19.6 Å². The summed E-state index contributed by atoms with van der Waals surface area (Å²) in [6, 6.07) is 8.60. The summed E-state index contributed by atoms with van der Waals surface area (Å²) in [4.78, 5) is 41.2. The third-order valence-corrected chi connectivity index (χ3v) is 7.19. The summed E-state index contributed by atoms with van der Waals surface area (Å²) in [6.07, 6.45) is -1.40. The van der Waals surface area contributed by atoms with Gasteiger partial charge in [0.2, 0.25) is 5.91 Å². The van der Waals surface area contributed by atoms with Crippen molar-refractivity contribution in [2.75, 3.05) is 13.1 Å². The molecule has 0 aromatic heterocycles. The second kappa shape index (κ2) is 8.36. The van der Waals surface area contributed by atoms with Crippen molar-refractivity contribution >= 4 is 29.5 Å². The Morgan fingerprint density at radius 3 is 2.45 bits per heavy atom. The standard InChI is InChI=1S/C21H28N2O5S/c1-5-22(6-2)18(26)15(24)14-17(25)23-16(21(3,4)29-19(14)23)20(27)28-12-13-10-8-7-9-11-13/h7-11,14-16,19,24H,5-6,12H2,1-4H3/t14-,15+,16+,19-/m1/s1. The van der Waals surface area contributed by atoms with Gasteiger partial charge in [-0.15, -0.1) is 11.8 Å². The predicted octanol–water partition coefficient (Wildman–Crippen LogP) is 1.64. The normalized spacial score (nSPS) is 25.8. The Morgan fingerprint density at radius 2 is 1.86 bits per heavy atom. The number of carbonyl (C=O) groups excluding carboxylic acids is 3. The smallest absolute Gasteiger partial charge is 0.330 e. The summed E-state index contributed by atoms with van der Waals surface area (Å²) < 4.78 is 4.90. The second-order valence-electron chi connectivity index (χ2n) is 7.83. The number of hydrogen-bond donors (Lipinski definition) is 1. The van der Waals surface area contributed by atoms with Gasteiger partial charge in [-0.1, -0.05) is 30.3 Å². The van der Waals surface area contributed by atoms with E-state index >= 15 is 0 Å². The third kappa shape index (κ3) is 3.88. The average Bonchev–Trinajstić information content (AvgIpc) is 2.95. The first-order valence-electron chi connectivity index (χ1n) is 9.90. The first kappa shape index (κ1) is 21.6. The van der Waals surface area contributed by atoms with E-state index in [9.17, 15) is 19.5 Å². The number of aliphatic hydroxyl groups is 1. The Balaban J connectivity index is 1.71. The maximum absolute atomic E-state index is 12.8. The van der Waals surface area contributed by atoms with Crippen molar-refractivity contribution in [3.05, 3.63) is 35.9 Å². The lowest BCUT2D eigenvalue weighted by molar-refractivity contribution is -0.175. The fourth-order valence-corrected chi connectivity index (χ4v) is 5.71. The Kier molecular flexibility index (Phi) is 6.24. The lowest BCUT2D eigenvalue weighted by Crippen LogP contribution is -2.67. The average molecular weight is 421 g/mol. The number of hydrogen-bond acceptors (Lipinski definition) is 6. The van der Waals surface area contributed by atoms with Crippen LogP contribution in [0.15, 0.2) is 30.3 Å². The van der Waals surface area contributed by atoms with Gasteiger partial charge in [0, 0.05) is 17.8 Å². The lowest BCUT2D eigenvalue weighted by Gasteiger charge is -2.45. The largest absolute Gasteiger partial charge is 0.459 e. The third-order valence-electron chi connectivity index (χ3n) is 5.60. The highest BCUT2D eigenvalue weighted by molar-refractivity contribution is 8.01. The zero-order valence-electron chi connectivity index (χ0n) is 17.2. The van der Waals surface area contributed by atoms with E-state index in [4.69, 9.17) is 4.74 Å². The number of thioether (sulfide) groups is 1. The van der Waals surface area contributed by atoms with Gasteiger partial charge in [-0.25, -0.2) is 4.79 Å². The SMILES string of the molecule is CCN(CC)C(=O)[C@@H](O)[C@@H]1C(=O)N2[C@@H]1SC(C)(C)[C@@H]2C(=O)OCc1ccccc1. The molecule has 1 aromatic rings. The summed E-state index contributed by atoms with van der Waals surface area (Å²) >= 11 is 1.43. The van der Waals surface area contributed by atoms with Gasteiger partial charge in [-0.3, -0.25) is 9.59 Å².